The standard InChI is InChI=1S/C64H102N14O34P6/c1-61(2,41(79)19-25-67-43(81)21-27-69-57(87)51(85)63(5,6)31-105-117(99,100)111-115(95,96)103-29-39-49(109-113(89,90)91)47(83)59(107-39)77-35-75-45-53(65)71-33-73-55(45)77)23-11-9-13-37-15-17-38(18-16-37)14-10-12-24-62(3,4)42(80)20-26-68-44(82)22-28-70-58(88)52(86)64(7,8)32-106-118(101,102)112-116(97,98)104-30-40-50(110-114(92,93)94)48(84)60(108-40)78-36-76-46-54(66)72-34-74-56(46)78/h15-18,33-36,39-40,47-52,59-60,83-86H,9-14,19-32H2,1-8H3,(H,67,81)(H,68,82)(H,69,87)(H,70,88)(H,95,96)(H,97,98)(H,99,100)(H,101,102)(H2,65,71,73)(H2,66,72,74)(H2,89,90,91)(H2,92,93,94)/p-8. The van der Waals surface area contributed by atoms with E-state index in [1.165, 1.54) is 27.7 Å². The van der Waals surface area contributed by atoms with Crippen molar-refractivity contribution >= 4 is 116 Å². The highest BCUT2D eigenvalue weighted by Crippen LogP contribution is 2.58. The van der Waals surface area contributed by atoms with Gasteiger partial charge < -0.3 is 138 Å². The van der Waals surface area contributed by atoms with E-state index >= 15 is 0 Å². The quantitative estimate of drug-likeness (QED) is 0.0136. The van der Waals surface area contributed by atoms with Crippen LogP contribution in [0.5, 0.6) is 0 Å². The smallest absolute Gasteiger partial charge is 0.274 e. The number of carbonyl (C=O) groups is 6. The summed E-state index contributed by atoms with van der Waals surface area (Å²) in [7, 11) is -35.6. The number of aryl methyl sites for hydroxylation is 2. The van der Waals surface area contributed by atoms with Crippen molar-refractivity contribution in [2.45, 2.75) is 194 Å². The number of Topliss-reactive ketones (excluding diaryl/α,β-unsaturated/α-hetero) is 2. The number of fused-ring (bicyclic) bond motifs is 2. The van der Waals surface area contributed by atoms with Crippen molar-refractivity contribution in [2.24, 2.45) is 21.7 Å². The summed E-state index contributed by atoms with van der Waals surface area (Å²) in [5.41, 5.74) is 8.72. The molecule has 0 saturated carbocycles. The summed E-state index contributed by atoms with van der Waals surface area (Å²) in [6, 6.07) is 8.16. The second kappa shape index (κ2) is 41.2. The number of nitrogen functional groups attached to an aromatic ring is 2. The third kappa shape index (κ3) is 29.4. The Morgan fingerprint density at radius 1 is 0.492 bits per heavy atom. The average molecular weight is 1790 g/mol. The maximum atomic E-state index is 13.2. The number of unbranched alkanes of at least 4 members (excludes halogenated alkanes) is 2. The van der Waals surface area contributed by atoms with E-state index in [1.54, 1.807) is 0 Å². The number of benzene rings is 1. The number of amides is 4. The van der Waals surface area contributed by atoms with Gasteiger partial charge in [0.25, 0.3) is 31.3 Å². The Bertz CT molecular complexity index is 4340. The van der Waals surface area contributed by atoms with Gasteiger partial charge in [0.15, 0.2) is 35.4 Å². The molecule has 2 saturated heterocycles. The summed E-state index contributed by atoms with van der Waals surface area (Å²) >= 11 is 0. The number of rotatable bonds is 50. The maximum absolute atomic E-state index is 13.2. The van der Waals surface area contributed by atoms with Gasteiger partial charge in [-0.1, -0.05) is 92.5 Å². The van der Waals surface area contributed by atoms with E-state index in [1.807, 2.05) is 52.0 Å². The predicted octanol–water partition coefficient (Wildman–Crippen LogP) is -3.14. The minimum Gasteiger partial charge on any atom is -0.790 e. The van der Waals surface area contributed by atoms with Crippen LogP contribution in [0.4, 0.5) is 11.6 Å². The average Bonchev–Trinajstić information content (AvgIpc) is 1.62. The number of aromatic nitrogens is 8. The lowest BCUT2D eigenvalue weighted by Gasteiger charge is -2.36. The Morgan fingerprint density at radius 2 is 0.822 bits per heavy atom. The van der Waals surface area contributed by atoms with Crippen molar-refractivity contribution in [3.05, 3.63) is 60.7 Å². The van der Waals surface area contributed by atoms with Gasteiger partial charge >= 0.3 is 0 Å². The van der Waals surface area contributed by atoms with Gasteiger partial charge in [-0.2, -0.15) is 0 Å². The maximum Gasteiger partial charge on any atom is 0.274 e. The molecule has 662 valence electrons. The molecule has 0 radical (unpaired) electrons. The van der Waals surface area contributed by atoms with Crippen LogP contribution in [0.15, 0.2) is 49.6 Å². The molecule has 14 atom stereocenters. The third-order valence-electron chi connectivity index (χ3n) is 19.0. The second-order valence-electron chi connectivity index (χ2n) is 30.3. The number of hydrogen-bond acceptors (Lipinski definition) is 42. The number of phosphoric ester groups is 6. The van der Waals surface area contributed by atoms with E-state index in [0.717, 1.165) is 84.1 Å². The number of ketones is 2. The summed E-state index contributed by atoms with van der Waals surface area (Å²) in [6.45, 7) is 6.58. The van der Waals surface area contributed by atoms with Crippen LogP contribution in [0.25, 0.3) is 22.3 Å². The fraction of sp³-hybridized carbons (Fsp3) is 0.656. The first-order valence-electron chi connectivity index (χ1n) is 36.4. The molecule has 1 aromatic carbocycles. The summed E-state index contributed by atoms with van der Waals surface area (Å²) in [6.07, 6.45) is -10.2. The van der Waals surface area contributed by atoms with Gasteiger partial charge in [-0.05, 0) is 49.7 Å². The summed E-state index contributed by atoms with van der Waals surface area (Å²) < 4.78 is 123. The van der Waals surface area contributed by atoms with E-state index in [0.29, 0.717) is 12.8 Å². The third-order valence-corrected chi connectivity index (χ3v) is 25.0. The molecule has 5 aromatic rings. The minimum atomic E-state index is -5.99. The molecule has 2 fully saturated rings. The topological polar surface area (TPSA) is 750 Å². The van der Waals surface area contributed by atoms with Gasteiger partial charge in [0.1, 0.15) is 84.1 Å². The van der Waals surface area contributed by atoms with Crippen LogP contribution >= 0.6 is 46.9 Å². The molecule has 6 heterocycles. The lowest BCUT2D eigenvalue weighted by molar-refractivity contribution is -0.348. The molecular weight excluding hydrogens is 1690 g/mol. The zero-order valence-corrected chi connectivity index (χ0v) is 70.4. The summed E-state index contributed by atoms with van der Waals surface area (Å²) in [4.78, 5) is 198. The Morgan fingerprint density at radius 3 is 1.16 bits per heavy atom. The number of nitrogens with one attached hydrogen (secondary N) is 4. The monoisotopic (exact) mass is 1790 g/mol. The highest BCUT2D eigenvalue weighted by atomic mass is 31.3. The van der Waals surface area contributed by atoms with Gasteiger partial charge in [0.2, 0.25) is 23.6 Å². The van der Waals surface area contributed by atoms with E-state index in [-0.39, 0.29) is 97.4 Å². The Kier molecular flexibility index (Phi) is 34.5. The van der Waals surface area contributed by atoms with Crippen molar-refractivity contribution in [1.29, 1.82) is 0 Å². The van der Waals surface area contributed by atoms with Gasteiger partial charge in [0.05, 0.1) is 54.7 Å². The van der Waals surface area contributed by atoms with Crippen LogP contribution in [-0.4, -0.2) is 196 Å². The molecule has 4 aromatic heterocycles. The van der Waals surface area contributed by atoms with Crippen LogP contribution in [0, 0.1) is 21.7 Å². The van der Waals surface area contributed by atoms with Gasteiger partial charge in [0, 0.05) is 73.5 Å². The predicted molar refractivity (Wildman–Crippen MR) is 390 cm³/mol. The molecule has 0 aliphatic carbocycles. The van der Waals surface area contributed by atoms with Gasteiger partial charge in [-0.15, -0.1) is 0 Å². The number of imidazole rings is 2. The number of anilines is 2. The van der Waals surface area contributed by atoms with Crippen molar-refractivity contribution in [2.75, 3.05) is 64.1 Å². The van der Waals surface area contributed by atoms with Crippen LogP contribution in [-0.2, 0) is 114 Å². The molecule has 4 amide bonds. The molecule has 14 unspecified atom stereocenters. The lowest BCUT2D eigenvalue weighted by atomic mass is 9.81. The van der Waals surface area contributed by atoms with Crippen LogP contribution in [0.2, 0.25) is 0 Å². The summed E-state index contributed by atoms with van der Waals surface area (Å²) in [5.74, 6) is -3.63. The number of aliphatic hydroxyl groups is 4. The molecule has 2 aliphatic rings. The van der Waals surface area contributed by atoms with Crippen molar-refractivity contribution < 1.29 is 161 Å². The lowest BCUT2D eigenvalue weighted by Crippen LogP contribution is -2.46. The zero-order chi connectivity index (χ0) is 88.0. The van der Waals surface area contributed by atoms with E-state index in [4.69, 9.17) is 20.9 Å². The fourth-order valence-electron chi connectivity index (χ4n) is 12.1. The zero-order valence-electron chi connectivity index (χ0n) is 65.0. The highest BCUT2D eigenvalue weighted by molar-refractivity contribution is 7.60. The number of phosphoric acid groups is 6. The normalized spacial score (nSPS) is 21.6. The number of aliphatic hydroxyl groups excluding tert-OH is 4. The first kappa shape index (κ1) is 98.7. The van der Waals surface area contributed by atoms with Crippen LogP contribution < -0.4 is 71.9 Å². The van der Waals surface area contributed by atoms with Crippen LogP contribution in [0.1, 0.15) is 143 Å². The van der Waals surface area contributed by atoms with E-state index in [2.05, 4.69) is 86.9 Å². The number of ether oxygens (including phenoxy) is 2. The summed E-state index contributed by atoms with van der Waals surface area (Å²) in [5, 5.41) is 53.2. The SMILES string of the molecule is CC(C)(CCCCc1ccc(CCCCC(C)(C)C(=O)CCNC(=O)CCNC(=O)C(O)C(C)(C)COP(=O)([O-])OP(=O)([O-])OCC2OC(n3cnc4c(N)ncnc43)C(O)C2OP(=O)([O-])[O-])cc1)C(=O)CCNC(=O)CCNC(=O)C(O)C(C)(C)COP(=O)([O-])OP(=O)([O-])OCC1OC(n2cnc3c(N)ncnc32)C(O)C1OP(=O)([O-])[O-]. The van der Waals surface area contributed by atoms with Gasteiger partial charge in [-0.25, -0.2) is 38.5 Å². The number of nitrogens with two attached hydrogens (primary N) is 2. The Hall–Kier alpha value is -6.36. The van der Waals surface area contributed by atoms with Crippen molar-refractivity contribution in [3.63, 3.8) is 0 Å². The molecule has 0 spiro atoms. The number of nitrogens with zero attached hydrogens (tertiary/aromatic N) is 8. The fourth-order valence-corrected chi connectivity index (χ4v) is 17.6. The second-order valence-corrected chi connectivity index (χ2v) is 38.4. The van der Waals surface area contributed by atoms with E-state index in [9.17, 15) is 116 Å². The van der Waals surface area contributed by atoms with E-state index < -0.39 is 180 Å². The van der Waals surface area contributed by atoms with Crippen molar-refractivity contribution in [1.82, 2.24) is 60.3 Å². The minimum absolute atomic E-state index is 0.00628. The largest absolute Gasteiger partial charge is 0.790 e. The molecule has 12 N–H and O–H groups in total. The molecule has 118 heavy (non-hydrogen) atoms. The molecule has 0 bridgehead atoms. The van der Waals surface area contributed by atoms with Crippen LogP contribution in [0.3, 0.4) is 0 Å². The molecule has 2 aliphatic heterocycles. The number of carbonyl (C=O) groups excluding carboxylic acids is 6. The highest BCUT2D eigenvalue weighted by Gasteiger charge is 2.50. The van der Waals surface area contributed by atoms with Gasteiger partial charge in [-0.3, -0.25) is 56.2 Å². The molecular formula is C64H94N14O34P6-8. The Balaban J connectivity index is 0.698. The number of hydrogen-bond donors (Lipinski definition) is 10. The molecule has 48 nitrogen and oxygen atoms in total. The first-order chi connectivity index (χ1) is 54.6. The van der Waals surface area contributed by atoms with Crippen molar-refractivity contribution in [3.8, 4) is 0 Å². The molecule has 7 rings (SSSR count). The Labute approximate surface area is 674 Å². The first-order valence-corrected chi connectivity index (χ1v) is 45.2. The molecule has 54 heteroatoms.